The van der Waals surface area contributed by atoms with Gasteiger partial charge in [0, 0.05) is 22.0 Å². The summed E-state index contributed by atoms with van der Waals surface area (Å²) in [4.78, 5) is 12.0. The molecule has 0 aliphatic heterocycles. The van der Waals surface area contributed by atoms with Crippen molar-refractivity contribution in [2.45, 2.75) is 12.3 Å². The molecule has 0 amide bonds. The summed E-state index contributed by atoms with van der Waals surface area (Å²) in [6, 6.07) is 6.90. The fourth-order valence-electron chi connectivity index (χ4n) is 1.77. The van der Waals surface area contributed by atoms with Gasteiger partial charge in [-0.2, -0.15) is 5.26 Å². The Labute approximate surface area is 127 Å². The van der Waals surface area contributed by atoms with Crippen LogP contribution in [0.2, 0.25) is 10.0 Å². The molecule has 0 aromatic heterocycles. The van der Waals surface area contributed by atoms with Gasteiger partial charge in [0.15, 0.2) is 0 Å². The van der Waals surface area contributed by atoms with Crippen molar-refractivity contribution in [2.24, 2.45) is 0 Å². The quantitative estimate of drug-likeness (QED) is 0.472. The Morgan fingerprint density at radius 3 is 2.45 bits per heavy atom. The molecule has 1 rings (SSSR count). The molecule has 20 heavy (non-hydrogen) atoms. The number of hydrogen-bond acceptors (Lipinski definition) is 4. The van der Waals surface area contributed by atoms with E-state index in [2.05, 4.69) is 0 Å². The Morgan fingerprint density at radius 1 is 1.40 bits per heavy atom. The highest BCUT2D eigenvalue weighted by Crippen LogP contribution is 2.35. The molecule has 0 saturated carbocycles. The number of ether oxygens (including phenoxy) is 2. The van der Waals surface area contributed by atoms with E-state index >= 15 is 0 Å². The molecule has 0 bridgehead atoms. The molecular formula is C14H13Cl2NO3. The van der Waals surface area contributed by atoms with Crippen LogP contribution >= 0.6 is 23.2 Å². The molecule has 1 aromatic rings. The number of esters is 1. The summed E-state index contributed by atoms with van der Waals surface area (Å²) in [7, 11) is 2.69. The van der Waals surface area contributed by atoms with Gasteiger partial charge in [0.05, 0.1) is 38.0 Å². The number of nitrogens with zero attached hydrogens (tertiary/aromatic N) is 1. The number of rotatable bonds is 5. The lowest BCUT2D eigenvalue weighted by Gasteiger charge is -2.17. The standard InChI is InChI=1S/C14H13Cl2NO3/c1-19-8-9(7-17)6-10(14(18)20-2)13-11(15)4-3-5-12(13)16/h3-5,8,10H,6H2,1-2H3/b9-8-. The second-order valence-corrected chi connectivity index (χ2v) is 4.72. The first-order valence-corrected chi connectivity index (χ1v) is 6.44. The predicted octanol–water partition coefficient (Wildman–Crippen LogP) is 3.69. The van der Waals surface area contributed by atoms with E-state index in [0.29, 0.717) is 21.2 Å². The van der Waals surface area contributed by atoms with Crippen LogP contribution in [0.25, 0.3) is 0 Å². The van der Waals surface area contributed by atoms with Gasteiger partial charge < -0.3 is 9.47 Å². The minimum atomic E-state index is -0.762. The average molecular weight is 314 g/mol. The summed E-state index contributed by atoms with van der Waals surface area (Å²) in [6.45, 7) is 0. The van der Waals surface area contributed by atoms with Gasteiger partial charge in [-0.05, 0) is 12.1 Å². The Kier molecular flexibility index (Phi) is 6.37. The number of halogens is 2. The number of nitriles is 1. The van der Waals surface area contributed by atoms with Gasteiger partial charge in [0.25, 0.3) is 0 Å². The summed E-state index contributed by atoms with van der Waals surface area (Å²) in [6.07, 6.45) is 1.38. The van der Waals surface area contributed by atoms with Crippen molar-refractivity contribution in [1.29, 1.82) is 5.26 Å². The Bertz CT molecular complexity index is 544. The van der Waals surface area contributed by atoms with Crippen LogP contribution in [0.5, 0.6) is 0 Å². The lowest BCUT2D eigenvalue weighted by atomic mass is 9.92. The third-order valence-corrected chi connectivity index (χ3v) is 3.32. The van der Waals surface area contributed by atoms with E-state index in [-0.39, 0.29) is 6.42 Å². The number of hydrogen-bond donors (Lipinski definition) is 0. The highest BCUT2D eigenvalue weighted by Gasteiger charge is 2.27. The molecule has 0 spiro atoms. The second-order valence-electron chi connectivity index (χ2n) is 3.91. The largest absolute Gasteiger partial charge is 0.503 e. The van der Waals surface area contributed by atoms with Gasteiger partial charge in [-0.1, -0.05) is 29.3 Å². The second kappa shape index (κ2) is 7.78. The number of carbonyl (C=O) groups excluding carboxylic acids is 1. The maximum atomic E-state index is 12.0. The molecular weight excluding hydrogens is 301 g/mol. The molecule has 0 heterocycles. The average Bonchev–Trinajstić information content (AvgIpc) is 2.44. The molecule has 0 saturated heterocycles. The van der Waals surface area contributed by atoms with Crippen LogP contribution in [0.4, 0.5) is 0 Å². The van der Waals surface area contributed by atoms with Gasteiger partial charge in [-0.25, -0.2) is 0 Å². The molecule has 0 aliphatic carbocycles. The zero-order valence-electron chi connectivity index (χ0n) is 11.0. The molecule has 0 N–H and O–H groups in total. The summed E-state index contributed by atoms with van der Waals surface area (Å²) >= 11 is 12.2. The number of allylic oxidation sites excluding steroid dienone is 1. The summed E-state index contributed by atoms with van der Waals surface area (Å²) in [5.41, 5.74) is 0.735. The maximum absolute atomic E-state index is 12.0. The molecule has 6 heteroatoms. The van der Waals surface area contributed by atoms with Crippen molar-refractivity contribution in [3.05, 3.63) is 45.6 Å². The number of carbonyl (C=O) groups is 1. The molecule has 0 radical (unpaired) electrons. The summed E-state index contributed by atoms with van der Waals surface area (Å²) in [5, 5.41) is 9.73. The first-order chi connectivity index (χ1) is 9.54. The fourth-order valence-corrected chi connectivity index (χ4v) is 2.43. The zero-order valence-corrected chi connectivity index (χ0v) is 12.5. The highest BCUT2D eigenvalue weighted by atomic mass is 35.5. The van der Waals surface area contributed by atoms with E-state index in [0.717, 1.165) is 0 Å². The third-order valence-electron chi connectivity index (χ3n) is 2.66. The highest BCUT2D eigenvalue weighted by molar-refractivity contribution is 6.36. The topological polar surface area (TPSA) is 59.3 Å². The van der Waals surface area contributed by atoms with Crippen molar-refractivity contribution in [1.82, 2.24) is 0 Å². The third kappa shape index (κ3) is 3.89. The molecule has 0 aliphatic rings. The SMILES string of the molecule is CO/C=C(\C#N)CC(C(=O)OC)c1c(Cl)cccc1Cl. The van der Waals surface area contributed by atoms with Crippen LogP contribution < -0.4 is 0 Å². The molecule has 0 fully saturated rings. The molecule has 1 aromatic carbocycles. The molecule has 4 nitrogen and oxygen atoms in total. The van der Waals surface area contributed by atoms with E-state index < -0.39 is 11.9 Å². The minimum absolute atomic E-state index is 0.0977. The molecule has 1 atom stereocenters. The van der Waals surface area contributed by atoms with Crippen LogP contribution in [0.1, 0.15) is 17.9 Å². The number of benzene rings is 1. The smallest absolute Gasteiger partial charge is 0.313 e. The Hall–Kier alpha value is -1.70. The van der Waals surface area contributed by atoms with E-state index in [1.165, 1.54) is 20.5 Å². The monoisotopic (exact) mass is 313 g/mol. The van der Waals surface area contributed by atoms with E-state index in [1.807, 2.05) is 6.07 Å². The van der Waals surface area contributed by atoms with Gasteiger partial charge in [0.2, 0.25) is 0 Å². The predicted molar refractivity (Wildman–Crippen MR) is 76.5 cm³/mol. The van der Waals surface area contributed by atoms with Gasteiger partial charge >= 0.3 is 5.97 Å². The van der Waals surface area contributed by atoms with E-state index in [4.69, 9.17) is 37.9 Å². The lowest BCUT2D eigenvalue weighted by Crippen LogP contribution is -2.16. The molecule has 1 unspecified atom stereocenters. The van der Waals surface area contributed by atoms with Crippen LogP contribution in [-0.2, 0) is 14.3 Å². The van der Waals surface area contributed by atoms with Crippen LogP contribution in [0, 0.1) is 11.3 Å². The van der Waals surface area contributed by atoms with Crippen molar-refractivity contribution in [3.63, 3.8) is 0 Å². The Morgan fingerprint density at radius 2 is 2.00 bits per heavy atom. The van der Waals surface area contributed by atoms with Crippen LogP contribution in [-0.4, -0.2) is 20.2 Å². The van der Waals surface area contributed by atoms with Crippen molar-refractivity contribution >= 4 is 29.2 Å². The lowest BCUT2D eigenvalue weighted by molar-refractivity contribution is -0.142. The fraction of sp³-hybridized carbons (Fsp3) is 0.286. The normalized spacial score (nSPS) is 12.4. The van der Waals surface area contributed by atoms with Crippen molar-refractivity contribution in [2.75, 3.05) is 14.2 Å². The van der Waals surface area contributed by atoms with Crippen molar-refractivity contribution in [3.8, 4) is 6.07 Å². The van der Waals surface area contributed by atoms with E-state index in [9.17, 15) is 4.79 Å². The van der Waals surface area contributed by atoms with E-state index in [1.54, 1.807) is 18.2 Å². The zero-order chi connectivity index (χ0) is 15.1. The van der Waals surface area contributed by atoms with Gasteiger partial charge in [-0.3, -0.25) is 4.79 Å². The number of methoxy groups -OCH3 is 2. The Balaban J connectivity index is 3.24. The minimum Gasteiger partial charge on any atom is -0.503 e. The first kappa shape index (κ1) is 16.4. The van der Waals surface area contributed by atoms with Crippen molar-refractivity contribution < 1.29 is 14.3 Å². The van der Waals surface area contributed by atoms with Gasteiger partial charge in [0.1, 0.15) is 0 Å². The van der Waals surface area contributed by atoms with Crippen LogP contribution in [0.15, 0.2) is 30.0 Å². The summed E-state index contributed by atoms with van der Waals surface area (Å²) in [5.74, 6) is -1.28. The maximum Gasteiger partial charge on any atom is 0.313 e. The summed E-state index contributed by atoms with van der Waals surface area (Å²) < 4.78 is 9.57. The van der Waals surface area contributed by atoms with Gasteiger partial charge in [-0.15, -0.1) is 0 Å². The first-order valence-electron chi connectivity index (χ1n) is 5.68. The molecule has 106 valence electrons. The van der Waals surface area contributed by atoms with Crippen LogP contribution in [0.3, 0.4) is 0 Å².